The van der Waals surface area contributed by atoms with Crippen LogP contribution in [0.2, 0.25) is 5.02 Å². The third-order valence-electron chi connectivity index (χ3n) is 2.90. The van der Waals surface area contributed by atoms with Crippen LogP contribution in [0.5, 0.6) is 0 Å². The van der Waals surface area contributed by atoms with E-state index < -0.39 is 0 Å². The Bertz CT molecular complexity index is 492. The summed E-state index contributed by atoms with van der Waals surface area (Å²) in [5, 5.41) is 4.05. The van der Waals surface area contributed by atoms with Crippen LogP contribution < -0.4 is 5.32 Å². The summed E-state index contributed by atoms with van der Waals surface area (Å²) in [6.45, 7) is 2.06. The number of likely N-dealkylation sites (N-methyl/N-ethyl adjacent to an activating group) is 1. The second-order valence-corrected chi connectivity index (χ2v) is 4.58. The van der Waals surface area contributed by atoms with E-state index in [0.717, 1.165) is 17.2 Å². The first kappa shape index (κ1) is 12.2. The van der Waals surface area contributed by atoms with Crippen molar-refractivity contribution < 1.29 is 4.42 Å². The summed E-state index contributed by atoms with van der Waals surface area (Å²) in [6.07, 6.45) is 2.60. The maximum absolute atomic E-state index is 5.98. The summed E-state index contributed by atoms with van der Waals surface area (Å²) in [5.41, 5.74) is 2.37. The van der Waals surface area contributed by atoms with Crippen LogP contribution >= 0.6 is 11.6 Å². The third-order valence-corrected chi connectivity index (χ3v) is 3.13. The van der Waals surface area contributed by atoms with Crippen molar-refractivity contribution in [1.82, 2.24) is 5.32 Å². The molecular formula is C14H16ClNO. The predicted molar refractivity (Wildman–Crippen MR) is 70.4 cm³/mol. The minimum Gasteiger partial charge on any atom is -0.467 e. The Balaban J connectivity index is 2.19. The van der Waals surface area contributed by atoms with Gasteiger partial charge in [-0.05, 0) is 49.7 Å². The molecule has 90 valence electrons. The van der Waals surface area contributed by atoms with Gasteiger partial charge in [0.2, 0.25) is 0 Å². The molecule has 2 rings (SSSR count). The van der Waals surface area contributed by atoms with Crippen LogP contribution in [0.4, 0.5) is 0 Å². The molecule has 0 aliphatic carbocycles. The van der Waals surface area contributed by atoms with Gasteiger partial charge in [0.05, 0.1) is 12.3 Å². The molecule has 1 heterocycles. The van der Waals surface area contributed by atoms with E-state index in [1.165, 1.54) is 11.1 Å². The van der Waals surface area contributed by atoms with Crippen LogP contribution in [0, 0.1) is 6.92 Å². The van der Waals surface area contributed by atoms with Crippen LogP contribution in [-0.2, 0) is 6.42 Å². The van der Waals surface area contributed by atoms with Crippen molar-refractivity contribution in [3.63, 3.8) is 0 Å². The molecule has 0 spiro atoms. The predicted octanol–water partition coefficient (Wildman–Crippen LogP) is 3.74. The highest BCUT2D eigenvalue weighted by atomic mass is 35.5. The molecule has 1 aromatic carbocycles. The van der Waals surface area contributed by atoms with Crippen molar-refractivity contribution in [3.05, 3.63) is 58.5 Å². The van der Waals surface area contributed by atoms with Gasteiger partial charge in [-0.3, -0.25) is 0 Å². The molecule has 2 nitrogen and oxygen atoms in total. The molecule has 0 saturated carbocycles. The lowest BCUT2D eigenvalue weighted by Crippen LogP contribution is -2.19. The van der Waals surface area contributed by atoms with Crippen LogP contribution in [0.1, 0.15) is 22.9 Å². The summed E-state index contributed by atoms with van der Waals surface area (Å²) < 4.78 is 5.52. The van der Waals surface area contributed by atoms with Gasteiger partial charge in [0.15, 0.2) is 0 Å². The molecule has 0 saturated heterocycles. The smallest absolute Gasteiger partial charge is 0.123 e. The van der Waals surface area contributed by atoms with Gasteiger partial charge in [-0.2, -0.15) is 0 Å². The molecular weight excluding hydrogens is 234 g/mol. The Labute approximate surface area is 107 Å². The second-order valence-electron chi connectivity index (χ2n) is 4.14. The minimum absolute atomic E-state index is 0.184. The van der Waals surface area contributed by atoms with E-state index in [1.807, 2.05) is 31.3 Å². The highest BCUT2D eigenvalue weighted by molar-refractivity contribution is 6.30. The lowest BCUT2D eigenvalue weighted by Gasteiger charge is -2.15. The van der Waals surface area contributed by atoms with Crippen LogP contribution in [-0.4, -0.2) is 7.05 Å². The van der Waals surface area contributed by atoms with Gasteiger partial charge in [0.25, 0.3) is 0 Å². The molecule has 1 N–H and O–H groups in total. The molecule has 0 bridgehead atoms. The molecule has 3 heteroatoms. The number of halogens is 1. The lowest BCUT2D eigenvalue weighted by molar-refractivity contribution is 0.426. The molecule has 0 amide bonds. The van der Waals surface area contributed by atoms with E-state index >= 15 is 0 Å². The molecule has 0 fully saturated rings. The van der Waals surface area contributed by atoms with Crippen molar-refractivity contribution in [2.75, 3.05) is 7.05 Å². The van der Waals surface area contributed by atoms with Crippen molar-refractivity contribution in [2.45, 2.75) is 19.4 Å². The maximum atomic E-state index is 5.98. The largest absolute Gasteiger partial charge is 0.467 e. The number of hydrogen-bond acceptors (Lipinski definition) is 2. The van der Waals surface area contributed by atoms with Gasteiger partial charge in [-0.1, -0.05) is 23.7 Å². The normalized spacial score (nSPS) is 12.6. The van der Waals surface area contributed by atoms with Gasteiger partial charge in [0, 0.05) is 5.02 Å². The van der Waals surface area contributed by atoms with Crippen molar-refractivity contribution in [3.8, 4) is 0 Å². The Morgan fingerprint density at radius 2 is 2.18 bits per heavy atom. The fourth-order valence-electron chi connectivity index (χ4n) is 1.97. The number of nitrogens with one attached hydrogen (secondary N) is 1. The SMILES string of the molecule is CNC(Cc1cccc(Cl)c1)c1occc1C. The number of furan rings is 1. The summed E-state index contributed by atoms with van der Waals surface area (Å²) in [4.78, 5) is 0. The molecule has 17 heavy (non-hydrogen) atoms. The molecule has 1 unspecified atom stereocenters. The molecule has 0 radical (unpaired) electrons. The summed E-state index contributed by atoms with van der Waals surface area (Å²) >= 11 is 5.98. The van der Waals surface area contributed by atoms with E-state index in [2.05, 4.69) is 18.3 Å². The molecule has 1 atom stereocenters. The van der Waals surface area contributed by atoms with Gasteiger partial charge in [-0.15, -0.1) is 0 Å². The summed E-state index contributed by atoms with van der Waals surface area (Å²) in [5.74, 6) is 0.993. The van der Waals surface area contributed by atoms with Gasteiger partial charge < -0.3 is 9.73 Å². The first-order valence-electron chi connectivity index (χ1n) is 5.66. The van der Waals surface area contributed by atoms with E-state index in [-0.39, 0.29) is 6.04 Å². The van der Waals surface area contributed by atoms with Crippen LogP contribution in [0.25, 0.3) is 0 Å². The molecule has 0 aliphatic heterocycles. The number of rotatable bonds is 4. The average molecular weight is 250 g/mol. The zero-order chi connectivity index (χ0) is 12.3. The monoisotopic (exact) mass is 249 g/mol. The number of aryl methyl sites for hydroxylation is 1. The van der Waals surface area contributed by atoms with Gasteiger partial charge in [-0.25, -0.2) is 0 Å². The van der Waals surface area contributed by atoms with Gasteiger partial charge in [0.1, 0.15) is 5.76 Å². The topological polar surface area (TPSA) is 25.2 Å². The fourth-order valence-corrected chi connectivity index (χ4v) is 2.18. The Kier molecular flexibility index (Phi) is 3.87. The highest BCUT2D eigenvalue weighted by Crippen LogP contribution is 2.23. The molecule has 2 aromatic rings. The first-order valence-corrected chi connectivity index (χ1v) is 6.04. The van der Waals surface area contributed by atoms with Crippen molar-refractivity contribution in [1.29, 1.82) is 0 Å². The zero-order valence-corrected chi connectivity index (χ0v) is 10.8. The summed E-state index contributed by atoms with van der Waals surface area (Å²) in [7, 11) is 1.94. The van der Waals surface area contributed by atoms with E-state index in [0.29, 0.717) is 0 Å². The van der Waals surface area contributed by atoms with E-state index in [9.17, 15) is 0 Å². The molecule has 1 aromatic heterocycles. The Hall–Kier alpha value is -1.25. The standard InChI is InChI=1S/C14H16ClNO/c1-10-6-7-17-14(10)13(16-2)9-11-4-3-5-12(15)8-11/h3-8,13,16H,9H2,1-2H3. The van der Waals surface area contributed by atoms with E-state index in [1.54, 1.807) is 6.26 Å². The van der Waals surface area contributed by atoms with Crippen LogP contribution in [0.15, 0.2) is 41.0 Å². The Morgan fingerprint density at radius 1 is 1.35 bits per heavy atom. The molecule has 0 aliphatic rings. The number of benzene rings is 1. The summed E-state index contributed by atoms with van der Waals surface area (Å²) in [6, 6.07) is 10.1. The third kappa shape index (κ3) is 2.90. The highest BCUT2D eigenvalue weighted by Gasteiger charge is 2.15. The van der Waals surface area contributed by atoms with Crippen LogP contribution in [0.3, 0.4) is 0 Å². The van der Waals surface area contributed by atoms with Crippen molar-refractivity contribution in [2.24, 2.45) is 0 Å². The lowest BCUT2D eigenvalue weighted by atomic mass is 10.0. The maximum Gasteiger partial charge on any atom is 0.123 e. The minimum atomic E-state index is 0.184. The number of hydrogen-bond donors (Lipinski definition) is 1. The Morgan fingerprint density at radius 3 is 2.76 bits per heavy atom. The van der Waals surface area contributed by atoms with Gasteiger partial charge >= 0.3 is 0 Å². The van der Waals surface area contributed by atoms with Crippen molar-refractivity contribution >= 4 is 11.6 Å². The zero-order valence-electron chi connectivity index (χ0n) is 10.0. The average Bonchev–Trinajstić information content (AvgIpc) is 2.72. The fraction of sp³-hybridized carbons (Fsp3) is 0.286. The van der Waals surface area contributed by atoms with E-state index in [4.69, 9.17) is 16.0 Å². The quantitative estimate of drug-likeness (QED) is 0.893. The first-order chi connectivity index (χ1) is 8.20. The second kappa shape index (κ2) is 5.39.